The van der Waals surface area contributed by atoms with E-state index in [9.17, 15) is 14.9 Å². The zero-order valence-electron chi connectivity index (χ0n) is 16.8. The molecule has 0 aliphatic carbocycles. The number of carbonyl (C=O) groups is 1. The molecule has 0 saturated carbocycles. The van der Waals surface area contributed by atoms with Crippen LogP contribution >= 0.6 is 0 Å². The van der Waals surface area contributed by atoms with Crippen LogP contribution in [0, 0.1) is 17.0 Å². The number of anilines is 1. The number of urea groups is 1. The van der Waals surface area contributed by atoms with Crippen molar-refractivity contribution in [3.05, 3.63) is 100 Å². The number of rotatable bonds is 5. The quantitative estimate of drug-likeness (QED) is 0.337. The Labute approximate surface area is 178 Å². The molecule has 0 unspecified atom stereocenters. The summed E-state index contributed by atoms with van der Waals surface area (Å²) in [7, 11) is 0. The molecule has 7 heteroatoms. The van der Waals surface area contributed by atoms with Gasteiger partial charge in [-0.15, -0.1) is 0 Å². The number of non-ortho nitro benzene ring substituents is 1. The van der Waals surface area contributed by atoms with Gasteiger partial charge in [-0.05, 0) is 52.8 Å². The first-order valence-corrected chi connectivity index (χ1v) is 9.74. The summed E-state index contributed by atoms with van der Waals surface area (Å²) in [6.45, 7) is 2.40. The van der Waals surface area contributed by atoms with E-state index < -0.39 is 11.0 Å². The fraction of sp³-hybridized carbons (Fsp3) is 0.0833. The van der Waals surface area contributed by atoms with E-state index in [2.05, 4.69) is 40.7 Å². The zero-order chi connectivity index (χ0) is 21.8. The molecular weight excluding hydrogens is 392 g/mol. The predicted octanol–water partition coefficient (Wildman–Crippen LogP) is 5.44. The number of hydrogen-bond donors (Lipinski definition) is 2. The minimum Gasteiger partial charge on any atom is -0.334 e. The first-order valence-electron chi connectivity index (χ1n) is 9.74. The number of aromatic nitrogens is 1. The van der Waals surface area contributed by atoms with Crippen LogP contribution in [0.25, 0.3) is 21.9 Å². The molecule has 4 aromatic rings. The zero-order valence-corrected chi connectivity index (χ0v) is 16.8. The standard InChI is InChI=1S/C24H20N4O3/c1-16-4-2-3-5-20(16)21-11-6-17(23-15-25-13-12-22(21)23)14-26-24(29)27-18-7-9-19(10-8-18)28(30)31/h2-13,15H,14H2,1H3,(H2,26,27,29). The molecule has 31 heavy (non-hydrogen) atoms. The highest BCUT2D eigenvalue weighted by atomic mass is 16.6. The van der Waals surface area contributed by atoms with Crippen LogP contribution in [0.2, 0.25) is 0 Å². The van der Waals surface area contributed by atoms with Crippen LogP contribution in [-0.2, 0) is 6.54 Å². The molecule has 4 rings (SSSR count). The maximum absolute atomic E-state index is 12.3. The maximum atomic E-state index is 12.3. The molecule has 0 bridgehead atoms. The Bertz CT molecular complexity index is 1270. The van der Waals surface area contributed by atoms with Gasteiger partial charge in [0.05, 0.1) is 4.92 Å². The van der Waals surface area contributed by atoms with Crippen molar-refractivity contribution >= 4 is 28.2 Å². The lowest BCUT2D eigenvalue weighted by molar-refractivity contribution is -0.384. The minimum absolute atomic E-state index is 0.0290. The Morgan fingerprint density at radius 1 is 0.968 bits per heavy atom. The van der Waals surface area contributed by atoms with Crippen molar-refractivity contribution in [2.45, 2.75) is 13.5 Å². The fourth-order valence-electron chi connectivity index (χ4n) is 3.53. The van der Waals surface area contributed by atoms with Crippen molar-refractivity contribution in [2.75, 3.05) is 5.32 Å². The number of aryl methyl sites for hydroxylation is 1. The van der Waals surface area contributed by atoms with Gasteiger partial charge < -0.3 is 10.6 Å². The smallest absolute Gasteiger partial charge is 0.319 e. The normalized spacial score (nSPS) is 10.6. The Hall–Kier alpha value is -4.26. The Morgan fingerprint density at radius 3 is 2.48 bits per heavy atom. The van der Waals surface area contributed by atoms with Gasteiger partial charge in [-0.2, -0.15) is 0 Å². The fourth-order valence-corrected chi connectivity index (χ4v) is 3.53. The van der Waals surface area contributed by atoms with E-state index in [-0.39, 0.29) is 5.69 Å². The van der Waals surface area contributed by atoms with Crippen molar-refractivity contribution in [1.82, 2.24) is 10.3 Å². The van der Waals surface area contributed by atoms with Gasteiger partial charge in [-0.25, -0.2) is 4.79 Å². The molecule has 1 heterocycles. The van der Waals surface area contributed by atoms with E-state index in [4.69, 9.17) is 0 Å². The molecule has 0 aliphatic rings. The van der Waals surface area contributed by atoms with Crippen molar-refractivity contribution in [3.63, 3.8) is 0 Å². The number of nitrogens with zero attached hydrogens (tertiary/aromatic N) is 2. The van der Waals surface area contributed by atoms with Gasteiger partial charge in [0.25, 0.3) is 5.69 Å². The number of benzene rings is 3. The molecule has 1 aromatic heterocycles. The lowest BCUT2D eigenvalue weighted by Crippen LogP contribution is -2.28. The minimum atomic E-state index is -0.483. The van der Waals surface area contributed by atoms with E-state index in [1.54, 1.807) is 6.20 Å². The molecule has 3 aromatic carbocycles. The van der Waals surface area contributed by atoms with E-state index in [1.165, 1.54) is 29.8 Å². The SMILES string of the molecule is Cc1ccccc1-c1ccc(CNC(=O)Nc2ccc([N+](=O)[O-])cc2)c2cnccc12. The summed E-state index contributed by atoms with van der Waals surface area (Å²) in [4.78, 5) is 26.8. The second-order valence-electron chi connectivity index (χ2n) is 7.12. The molecular formula is C24H20N4O3. The first-order chi connectivity index (χ1) is 15.0. The Kier molecular flexibility index (Phi) is 5.57. The molecule has 2 amide bonds. The van der Waals surface area contributed by atoms with Gasteiger partial charge in [-0.3, -0.25) is 15.1 Å². The highest BCUT2D eigenvalue weighted by molar-refractivity contribution is 5.99. The van der Waals surface area contributed by atoms with Crippen LogP contribution in [0.5, 0.6) is 0 Å². The highest BCUT2D eigenvalue weighted by Crippen LogP contribution is 2.32. The lowest BCUT2D eigenvalue weighted by Gasteiger charge is -2.14. The second-order valence-corrected chi connectivity index (χ2v) is 7.12. The number of amides is 2. The van der Waals surface area contributed by atoms with E-state index in [1.807, 2.05) is 30.5 Å². The molecule has 0 fully saturated rings. The Balaban J connectivity index is 1.53. The third-order valence-electron chi connectivity index (χ3n) is 5.12. The summed E-state index contributed by atoms with van der Waals surface area (Å²) in [5, 5.41) is 18.3. The molecule has 0 spiro atoms. The summed E-state index contributed by atoms with van der Waals surface area (Å²) < 4.78 is 0. The number of pyridine rings is 1. The largest absolute Gasteiger partial charge is 0.334 e. The number of nitro groups is 1. The van der Waals surface area contributed by atoms with E-state index >= 15 is 0 Å². The molecule has 154 valence electrons. The monoisotopic (exact) mass is 412 g/mol. The van der Waals surface area contributed by atoms with Crippen molar-refractivity contribution < 1.29 is 9.72 Å². The summed E-state index contributed by atoms with van der Waals surface area (Å²) >= 11 is 0. The van der Waals surface area contributed by atoms with Gasteiger partial charge in [0.15, 0.2) is 0 Å². The van der Waals surface area contributed by atoms with Crippen LogP contribution in [0.3, 0.4) is 0 Å². The van der Waals surface area contributed by atoms with E-state index in [0.717, 1.165) is 27.5 Å². The van der Waals surface area contributed by atoms with E-state index in [0.29, 0.717) is 12.2 Å². The van der Waals surface area contributed by atoms with Crippen LogP contribution in [0.1, 0.15) is 11.1 Å². The second kappa shape index (κ2) is 8.62. The van der Waals surface area contributed by atoms with Crippen LogP contribution in [0.4, 0.5) is 16.2 Å². The molecule has 7 nitrogen and oxygen atoms in total. The summed E-state index contributed by atoms with van der Waals surface area (Å²) in [5.41, 5.74) is 4.86. The topological polar surface area (TPSA) is 97.2 Å². The maximum Gasteiger partial charge on any atom is 0.319 e. The number of nitro benzene ring substituents is 1. The number of nitrogens with one attached hydrogen (secondary N) is 2. The van der Waals surface area contributed by atoms with Gasteiger partial charge in [0.2, 0.25) is 0 Å². The average Bonchev–Trinajstić information content (AvgIpc) is 2.78. The third-order valence-corrected chi connectivity index (χ3v) is 5.12. The summed E-state index contributed by atoms with van der Waals surface area (Å²) in [5.74, 6) is 0. The number of carbonyl (C=O) groups excluding carboxylic acids is 1. The van der Waals surface area contributed by atoms with Crippen molar-refractivity contribution in [1.29, 1.82) is 0 Å². The van der Waals surface area contributed by atoms with Gasteiger partial charge in [0.1, 0.15) is 0 Å². The first kappa shape index (κ1) is 20.0. The summed E-state index contributed by atoms with van der Waals surface area (Å²) in [6, 6.07) is 19.6. The van der Waals surface area contributed by atoms with Crippen LogP contribution in [0.15, 0.2) is 79.1 Å². The average molecular weight is 412 g/mol. The molecule has 0 radical (unpaired) electrons. The van der Waals surface area contributed by atoms with Gasteiger partial charge >= 0.3 is 6.03 Å². The van der Waals surface area contributed by atoms with Crippen LogP contribution < -0.4 is 10.6 Å². The Morgan fingerprint density at radius 2 is 1.74 bits per heavy atom. The predicted molar refractivity (Wildman–Crippen MR) is 121 cm³/mol. The highest BCUT2D eigenvalue weighted by Gasteiger charge is 2.11. The molecule has 0 saturated heterocycles. The number of hydrogen-bond acceptors (Lipinski definition) is 4. The van der Waals surface area contributed by atoms with Crippen molar-refractivity contribution in [2.24, 2.45) is 0 Å². The molecule has 0 aliphatic heterocycles. The molecule has 2 N–H and O–H groups in total. The van der Waals surface area contributed by atoms with Crippen LogP contribution in [-0.4, -0.2) is 15.9 Å². The number of fused-ring (bicyclic) bond motifs is 1. The van der Waals surface area contributed by atoms with Gasteiger partial charge in [-0.1, -0.05) is 36.4 Å². The molecule has 0 atom stereocenters. The third kappa shape index (κ3) is 4.35. The lowest BCUT2D eigenvalue weighted by atomic mass is 9.94. The summed E-state index contributed by atoms with van der Waals surface area (Å²) in [6.07, 6.45) is 3.57. The van der Waals surface area contributed by atoms with Gasteiger partial charge in [0, 0.05) is 42.1 Å². The van der Waals surface area contributed by atoms with Crippen molar-refractivity contribution in [3.8, 4) is 11.1 Å².